The molecule has 2 amide bonds. The number of nitrogens with two attached hydrogens (primary N) is 1. The van der Waals surface area contributed by atoms with Gasteiger partial charge in [-0.05, 0) is 63.3 Å². The monoisotopic (exact) mass is 520 g/mol. The van der Waals surface area contributed by atoms with E-state index in [1.807, 2.05) is 30.3 Å². The van der Waals surface area contributed by atoms with Crippen LogP contribution >= 0.6 is 0 Å². The van der Waals surface area contributed by atoms with Crippen LogP contribution < -0.4 is 26.4 Å². The Morgan fingerprint density at radius 2 is 1.97 bits per heavy atom. The van der Waals surface area contributed by atoms with Crippen molar-refractivity contribution in [3.63, 3.8) is 0 Å². The zero-order valence-electron chi connectivity index (χ0n) is 21.7. The summed E-state index contributed by atoms with van der Waals surface area (Å²) >= 11 is 0. The van der Waals surface area contributed by atoms with Crippen LogP contribution in [0.25, 0.3) is 0 Å². The van der Waals surface area contributed by atoms with Crippen molar-refractivity contribution < 1.29 is 24.2 Å². The molecule has 4 rings (SSSR count). The molecule has 3 atom stereocenters. The minimum Gasteiger partial charge on any atom is -0.493 e. The van der Waals surface area contributed by atoms with Gasteiger partial charge in [0, 0.05) is 34.5 Å². The second-order valence-electron chi connectivity index (χ2n) is 9.95. The average Bonchev–Trinajstić information content (AvgIpc) is 3.45. The highest BCUT2D eigenvalue weighted by molar-refractivity contribution is 6.03. The summed E-state index contributed by atoms with van der Waals surface area (Å²) < 4.78 is 5.80. The minimum absolute atomic E-state index is 0.110. The fourth-order valence-electron chi connectivity index (χ4n) is 5.02. The smallest absolute Gasteiger partial charge is 0.252 e. The molecule has 0 aliphatic carbocycles. The number of carbonyl (C=O) groups is 3. The normalized spacial score (nSPS) is 18.6. The molecular weight excluding hydrogens is 484 g/mol. The number of allylic oxidation sites excluding steroid dienone is 1. The molecular formula is C29H36N4O5. The number of ether oxygens (including phenoxy) is 1. The molecule has 9 nitrogen and oxygen atoms in total. The second kappa shape index (κ2) is 12.7. The highest BCUT2D eigenvalue weighted by Gasteiger charge is 2.32. The number of nitrogens with one attached hydrogen (secondary N) is 3. The Hall–Kier alpha value is -3.69. The van der Waals surface area contributed by atoms with Crippen LogP contribution in [0.15, 0.2) is 54.2 Å². The Kier molecular flexibility index (Phi) is 9.15. The number of rotatable bonds is 10. The maximum Gasteiger partial charge on any atom is 0.252 e. The Morgan fingerprint density at radius 3 is 2.68 bits per heavy atom. The summed E-state index contributed by atoms with van der Waals surface area (Å²) in [7, 11) is 0. The summed E-state index contributed by atoms with van der Waals surface area (Å²) in [5, 5.41) is 20.1. The van der Waals surface area contributed by atoms with Gasteiger partial charge in [-0.1, -0.05) is 30.3 Å². The van der Waals surface area contributed by atoms with Crippen molar-refractivity contribution in [2.75, 3.05) is 19.7 Å². The number of amides is 2. The first-order valence-electron chi connectivity index (χ1n) is 13.1. The Morgan fingerprint density at radius 1 is 1.18 bits per heavy atom. The van der Waals surface area contributed by atoms with E-state index in [0.717, 1.165) is 31.4 Å². The first kappa shape index (κ1) is 27.3. The van der Waals surface area contributed by atoms with E-state index in [2.05, 4.69) is 16.0 Å². The summed E-state index contributed by atoms with van der Waals surface area (Å²) in [5.74, 6) is -0.716. The number of hydrogen-bond acceptors (Lipinski definition) is 7. The summed E-state index contributed by atoms with van der Waals surface area (Å²) in [4.78, 5) is 38.6. The lowest BCUT2D eigenvalue weighted by molar-refractivity contribution is -0.113. The summed E-state index contributed by atoms with van der Waals surface area (Å²) in [5.41, 5.74) is 8.16. The molecule has 1 fully saturated rings. The van der Waals surface area contributed by atoms with Crippen molar-refractivity contribution in [1.29, 1.82) is 0 Å². The fraction of sp³-hybridized carbons (Fsp3) is 0.414. The third-order valence-corrected chi connectivity index (χ3v) is 6.89. The van der Waals surface area contributed by atoms with Gasteiger partial charge >= 0.3 is 0 Å². The van der Waals surface area contributed by atoms with Crippen LogP contribution in [0.3, 0.4) is 0 Å². The van der Waals surface area contributed by atoms with Gasteiger partial charge in [0.25, 0.3) is 11.8 Å². The molecule has 0 spiro atoms. The first-order chi connectivity index (χ1) is 18.3. The molecule has 0 bridgehead atoms. The van der Waals surface area contributed by atoms with Gasteiger partial charge in [-0.25, -0.2) is 0 Å². The molecule has 2 heterocycles. The van der Waals surface area contributed by atoms with E-state index in [1.165, 1.54) is 12.1 Å². The number of carbonyl (C=O) groups excluding carboxylic acids is 3. The van der Waals surface area contributed by atoms with E-state index >= 15 is 0 Å². The third kappa shape index (κ3) is 6.99. The van der Waals surface area contributed by atoms with Crippen molar-refractivity contribution in [1.82, 2.24) is 16.0 Å². The van der Waals surface area contributed by atoms with E-state index in [0.29, 0.717) is 42.0 Å². The molecule has 2 aliphatic heterocycles. The van der Waals surface area contributed by atoms with E-state index in [-0.39, 0.29) is 23.9 Å². The van der Waals surface area contributed by atoms with Crippen molar-refractivity contribution in [2.24, 2.45) is 5.73 Å². The first-order valence-corrected chi connectivity index (χ1v) is 13.1. The lowest BCUT2D eigenvalue weighted by atomic mass is 9.94. The molecule has 2 aromatic carbocycles. The molecule has 0 saturated carbocycles. The molecule has 2 aliphatic rings. The SMILES string of the molecule is CC(N)=CC(=O)CNC(=O)c1cc(C(=O)N[C@@H](Cc2ccccc2)[C@H](O)[C@H]2CCCN2)cc2c1CCCO2. The lowest BCUT2D eigenvalue weighted by Gasteiger charge is -2.29. The number of benzene rings is 2. The minimum atomic E-state index is -0.789. The number of fused-ring (bicyclic) bond motifs is 1. The van der Waals surface area contributed by atoms with Gasteiger partial charge in [0.1, 0.15) is 5.75 Å². The van der Waals surface area contributed by atoms with E-state index in [4.69, 9.17) is 10.5 Å². The van der Waals surface area contributed by atoms with Crippen LogP contribution in [-0.4, -0.2) is 60.6 Å². The van der Waals surface area contributed by atoms with Gasteiger partial charge in [0.05, 0.1) is 25.3 Å². The molecule has 0 aromatic heterocycles. The fourth-order valence-corrected chi connectivity index (χ4v) is 5.02. The van der Waals surface area contributed by atoms with Crippen LogP contribution in [0, 0.1) is 0 Å². The number of aliphatic hydroxyl groups is 1. The van der Waals surface area contributed by atoms with Crippen molar-refractivity contribution in [2.45, 2.75) is 57.2 Å². The summed E-state index contributed by atoms with van der Waals surface area (Å²) in [6.07, 6.45) is 4.10. The predicted molar refractivity (Wildman–Crippen MR) is 144 cm³/mol. The Labute approximate surface area is 222 Å². The van der Waals surface area contributed by atoms with E-state index in [9.17, 15) is 19.5 Å². The van der Waals surface area contributed by atoms with Crippen LogP contribution in [0.5, 0.6) is 5.75 Å². The molecule has 1 saturated heterocycles. The number of ketones is 1. The average molecular weight is 521 g/mol. The third-order valence-electron chi connectivity index (χ3n) is 6.89. The quantitative estimate of drug-likeness (QED) is 0.300. The van der Waals surface area contributed by atoms with Gasteiger partial charge in [-0.3, -0.25) is 14.4 Å². The van der Waals surface area contributed by atoms with Gasteiger partial charge in [-0.15, -0.1) is 0 Å². The van der Waals surface area contributed by atoms with Gasteiger partial charge < -0.3 is 31.5 Å². The molecule has 0 unspecified atom stereocenters. The molecule has 38 heavy (non-hydrogen) atoms. The van der Waals surface area contributed by atoms with Crippen LogP contribution in [0.1, 0.15) is 58.0 Å². The summed E-state index contributed by atoms with van der Waals surface area (Å²) in [6.45, 7) is 2.71. The Balaban J connectivity index is 1.57. The molecule has 202 valence electrons. The largest absolute Gasteiger partial charge is 0.493 e. The highest BCUT2D eigenvalue weighted by Crippen LogP contribution is 2.30. The van der Waals surface area contributed by atoms with Gasteiger partial charge in [0.2, 0.25) is 0 Å². The predicted octanol–water partition coefficient (Wildman–Crippen LogP) is 1.63. The van der Waals surface area contributed by atoms with E-state index < -0.39 is 24.0 Å². The molecule has 9 heteroatoms. The van der Waals surface area contributed by atoms with Crippen molar-refractivity contribution >= 4 is 17.6 Å². The van der Waals surface area contributed by atoms with E-state index in [1.54, 1.807) is 13.0 Å². The summed E-state index contributed by atoms with van der Waals surface area (Å²) in [6, 6.07) is 12.2. The zero-order chi connectivity index (χ0) is 27.1. The maximum atomic E-state index is 13.5. The van der Waals surface area contributed by atoms with Crippen molar-refractivity contribution in [3.8, 4) is 5.75 Å². The highest BCUT2D eigenvalue weighted by atomic mass is 16.5. The standard InChI is InChI=1S/C29H36N4O5/c1-18(30)13-21(34)17-32-29(37)23-15-20(16-26-22(23)9-6-12-38-26)28(36)33-25(14-19-7-3-2-4-8-19)27(35)24-10-5-11-31-24/h2-4,7-8,13,15-16,24-25,27,31,35H,5-6,9-12,14,17,30H2,1H3,(H,32,37)(H,33,36)/t24-,25+,27-/m1/s1. The maximum absolute atomic E-state index is 13.5. The van der Waals surface area contributed by atoms with Crippen LogP contribution in [-0.2, 0) is 17.6 Å². The topological polar surface area (TPSA) is 143 Å². The van der Waals surface area contributed by atoms with Crippen LogP contribution in [0.2, 0.25) is 0 Å². The van der Waals surface area contributed by atoms with Crippen LogP contribution in [0.4, 0.5) is 0 Å². The Bertz CT molecular complexity index is 1190. The zero-order valence-corrected chi connectivity index (χ0v) is 21.7. The molecule has 0 radical (unpaired) electrons. The van der Waals surface area contributed by atoms with Crippen molar-refractivity contribution in [3.05, 3.63) is 76.5 Å². The second-order valence-corrected chi connectivity index (χ2v) is 9.95. The lowest BCUT2D eigenvalue weighted by Crippen LogP contribution is -2.52. The molecule has 6 N–H and O–H groups in total. The van der Waals surface area contributed by atoms with Gasteiger partial charge in [0.15, 0.2) is 5.78 Å². The number of aliphatic hydroxyl groups excluding tert-OH is 1. The molecule has 2 aromatic rings. The van der Waals surface area contributed by atoms with Gasteiger partial charge in [-0.2, -0.15) is 0 Å². The number of hydrogen-bond donors (Lipinski definition) is 5.